The van der Waals surface area contributed by atoms with Gasteiger partial charge < -0.3 is 5.32 Å². The van der Waals surface area contributed by atoms with E-state index in [2.05, 4.69) is 56.0 Å². The summed E-state index contributed by atoms with van der Waals surface area (Å²) >= 11 is 2.09. The summed E-state index contributed by atoms with van der Waals surface area (Å²) in [5.41, 5.74) is 4.09. The van der Waals surface area contributed by atoms with Gasteiger partial charge in [-0.1, -0.05) is 19.1 Å². The number of hydrogen-bond acceptors (Lipinski definition) is 2. The highest BCUT2D eigenvalue weighted by atomic mass is 32.2. The van der Waals surface area contributed by atoms with Crippen molar-refractivity contribution in [2.75, 3.05) is 11.1 Å². The molecule has 0 aliphatic carbocycles. The third-order valence-electron chi connectivity index (χ3n) is 3.55. The molecular formula is C14H21NS. The van der Waals surface area contributed by atoms with E-state index in [1.54, 1.807) is 0 Å². The molecule has 0 radical (unpaired) electrons. The molecule has 1 heterocycles. The van der Waals surface area contributed by atoms with Crippen molar-refractivity contribution in [2.45, 2.75) is 44.9 Å². The summed E-state index contributed by atoms with van der Waals surface area (Å²) in [4.78, 5) is 0. The maximum atomic E-state index is 3.72. The minimum Gasteiger partial charge on any atom is -0.381 e. The first-order valence-corrected chi connectivity index (χ1v) is 7.17. The molecule has 1 aromatic carbocycles. The number of anilines is 1. The highest BCUT2D eigenvalue weighted by molar-refractivity contribution is 8.00. The zero-order valence-corrected chi connectivity index (χ0v) is 11.2. The molecule has 1 N–H and O–H groups in total. The zero-order chi connectivity index (χ0) is 11.5. The molecule has 1 nitrogen and oxygen atoms in total. The van der Waals surface area contributed by atoms with Crippen LogP contribution in [0.15, 0.2) is 18.2 Å². The van der Waals surface area contributed by atoms with Crippen molar-refractivity contribution in [1.29, 1.82) is 0 Å². The molecule has 2 rings (SSSR count). The lowest BCUT2D eigenvalue weighted by atomic mass is 10.0. The van der Waals surface area contributed by atoms with Crippen molar-refractivity contribution in [2.24, 2.45) is 0 Å². The van der Waals surface area contributed by atoms with Crippen LogP contribution in [-0.4, -0.2) is 17.0 Å². The number of thioether (sulfide) groups is 1. The van der Waals surface area contributed by atoms with Gasteiger partial charge >= 0.3 is 0 Å². The Balaban J connectivity index is 2.10. The minimum atomic E-state index is 0.638. The summed E-state index contributed by atoms with van der Waals surface area (Å²) in [6.45, 7) is 6.73. The Kier molecular flexibility index (Phi) is 3.80. The molecule has 1 saturated heterocycles. The van der Waals surface area contributed by atoms with Gasteiger partial charge in [0.15, 0.2) is 0 Å². The fourth-order valence-corrected chi connectivity index (χ4v) is 3.36. The Hall–Kier alpha value is -0.630. The summed E-state index contributed by atoms with van der Waals surface area (Å²) in [6, 6.07) is 7.17. The predicted molar refractivity (Wildman–Crippen MR) is 74.5 cm³/mol. The number of hydrogen-bond donors (Lipinski definition) is 1. The van der Waals surface area contributed by atoms with E-state index in [0.29, 0.717) is 6.04 Å². The van der Waals surface area contributed by atoms with Crippen LogP contribution in [0.25, 0.3) is 0 Å². The molecule has 0 amide bonds. The van der Waals surface area contributed by atoms with Gasteiger partial charge in [0.1, 0.15) is 0 Å². The first kappa shape index (κ1) is 11.8. The summed E-state index contributed by atoms with van der Waals surface area (Å²) < 4.78 is 0. The van der Waals surface area contributed by atoms with Crippen LogP contribution >= 0.6 is 11.8 Å². The van der Waals surface area contributed by atoms with Gasteiger partial charge in [0.2, 0.25) is 0 Å². The average molecular weight is 235 g/mol. The second-order valence-electron chi connectivity index (χ2n) is 4.72. The van der Waals surface area contributed by atoms with Crippen molar-refractivity contribution < 1.29 is 0 Å². The molecule has 1 aliphatic rings. The molecule has 0 saturated carbocycles. The fourth-order valence-electron chi connectivity index (χ4n) is 2.22. The average Bonchev–Trinajstić information content (AvgIpc) is 2.28. The van der Waals surface area contributed by atoms with Gasteiger partial charge in [0.05, 0.1) is 0 Å². The van der Waals surface area contributed by atoms with Gasteiger partial charge in [-0.15, -0.1) is 0 Å². The molecular weight excluding hydrogens is 214 g/mol. The quantitative estimate of drug-likeness (QED) is 0.831. The van der Waals surface area contributed by atoms with Crippen LogP contribution in [0, 0.1) is 13.8 Å². The van der Waals surface area contributed by atoms with Crippen LogP contribution in [0.4, 0.5) is 5.69 Å². The fraction of sp³-hybridized carbons (Fsp3) is 0.571. The Bertz CT molecular complexity index is 362. The molecule has 0 bridgehead atoms. The van der Waals surface area contributed by atoms with E-state index in [4.69, 9.17) is 0 Å². The first-order valence-electron chi connectivity index (χ1n) is 6.13. The van der Waals surface area contributed by atoms with E-state index >= 15 is 0 Å². The predicted octanol–water partition coefficient (Wildman–Crippen LogP) is 4.00. The Labute approximate surface area is 103 Å². The van der Waals surface area contributed by atoms with Gasteiger partial charge in [-0.25, -0.2) is 0 Å². The smallest absolute Gasteiger partial charge is 0.0377 e. The van der Waals surface area contributed by atoms with E-state index in [0.717, 1.165) is 5.25 Å². The lowest BCUT2D eigenvalue weighted by molar-refractivity contribution is 0.617. The van der Waals surface area contributed by atoms with E-state index < -0.39 is 0 Å². The van der Waals surface area contributed by atoms with Crippen LogP contribution in [0.2, 0.25) is 0 Å². The monoisotopic (exact) mass is 235 g/mol. The van der Waals surface area contributed by atoms with Gasteiger partial charge in [-0.2, -0.15) is 11.8 Å². The Morgan fingerprint density at radius 2 is 2.12 bits per heavy atom. The first-order chi connectivity index (χ1) is 7.68. The second-order valence-corrected chi connectivity index (χ2v) is 6.20. The molecule has 1 fully saturated rings. The van der Waals surface area contributed by atoms with Crippen molar-refractivity contribution in [1.82, 2.24) is 0 Å². The number of aryl methyl sites for hydroxylation is 1. The van der Waals surface area contributed by atoms with Crippen LogP contribution in [0.3, 0.4) is 0 Å². The molecule has 1 aliphatic heterocycles. The van der Waals surface area contributed by atoms with Crippen LogP contribution in [-0.2, 0) is 0 Å². The van der Waals surface area contributed by atoms with Crippen LogP contribution < -0.4 is 5.32 Å². The molecule has 2 unspecified atom stereocenters. The van der Waals surface area contributed by atoms with Gasteiger partial charge in [0.25, 0.3) is 0 Å². The van der Waals surface area contributed by atoms with Crippen LogP contribution in [0.1, 0.15) is 30.9 Å². The van der Waals surface area contributed by atoms with Gasteiger partial charge in [-0.3, -0.25) is 0 Å². The number of benzene rings is 1. The summed E-state index contributed by atoms with van der Waals surface area (Å²) in [5, 5.41) is 4.45. The zero-order valence-electron chi connectivity index (χ0n) is 10.4. The highest BCUT2D eigenvalue weighted by Gasteiger charge is 2.21. The third-order valence-corrected chi connectivity index (χ3v) is 4.93. The SMILES string of the molecule is Cc1cccc(NC2CCCSC2C)c1C. The lowest BCUT2D eigenvalue weighted by Crippen LogP contribution is -2.33. The van der Waals surface area contributed by atoms with Crippen LogP contribution in [0.5, 0.6) is 0 Å². The van der Waals surface area contributed by atoms with E-state index in [1.807, 2.05) is 0 Å². The summed E-state index contributed by atoms with van der Waals surface area (Å²) in [6.07, 6.45) is 2.65. The molecule has 1 aromatic rings. The molecule has 0 aromatic heterocycles. The molecule has 0 spiro atoms. The Morgan fingerprint density at radius 1 is 1.31 bits per heavy atom. The second kappa shape index (κ2) is 5.13. The summed E-state index contributed by atoms with van der Waals surface area (Å²) in [5.74, 6) is 1.33. The Morgan fingerprint density at radius 3 is 2.88 bits per heavy atom. The largest absolute Gasteiger partial charge is 0.381 e. The molecule has 2 heteroatoms. The van der Waals surface area contributed by atoms with E-state index in [9.17, 15) is 0 Å². The topological polar surface area (TPSA) is 12.0 Å². The minimum absolute atomic E-state index is 0.638. The van der Waals surface area contributed by atoms with Crippen molar-refractivity contribution in [3.63, 3.8) is 0 Å². The van der Waals surface area contributed by atoms with Crippen molar-refractivity contribution in [3.8, 4) is 0 Å². The van der Waals surface area contributed by atoms with Gasteiger partial charge in [-0.05, 0) is 49.6 Å². The standard InChI is InChI=1S/C14H21NS/c1-10-6-4-7-13(11(10)2)15-14-8-5-9-16-12(14)3/h4,6-7,12,14-15H,5,8-9H2,1-3H3. The van der Waals surface area contributed by atoms with Gasteiger partial charge in [0, 0.05) is 17.0 Å². The maximum Gasteiger partial charge on any atom is 0.0377 e. The van der Waals surface area contributed by atoms with E-state index in [1.165, 1.54) is 35.4 Å². The number of nitrogens with one attached hydrogen (secondary N) is 1. The maximum absolute atomic E-state index is 3.72. The third kappa shape index (κ3) is 2.54. The molecule has 88 valence electrons. The highest BCUT2D eigenvalue weighted by Crippen LogP contribution is 2.29. The van der Waals surface area contributed by atoms with E-state index in [-0.39, 0.29) is 0 Å². The molecule has 2 atom stereocenters. The molecule has 16 heavy (non-hydrogen) atoms. The summed E-state index contributed by atoms with van der Waals surface area (Å²) in [7, 11) is 0. The number of rotatable bonds is 2. The lowest BCUT2D eigenvalue weighted by Gasteiger charge is -2.30. The normalized spacial score (nSPS) is 25.4. The van der Waals surface area contributed by atoms with Crippen molar-refractivity contribution >= 4 is 17.4 Å². The van der Waals surface area contributed by atoms with Crippen molar-refractivity contribution in [3.05, 3.63) is 29.3 Å².